The third-order valence-corrected chi connectivity index (χ3v) is 3.36. The summed E-state index contributed by atoms with van der Waals surface area (Å²) in [5.74, 6) is 0.223. The third kappa shape index (κ3) is 3.97. The lowest BCUT2D eigenvalue weighted by molar-refractivity contribution is 0.154. The maximum atomic E-state index is 10.2. The Morgan fingerprint density at radius 2 is 1.76 bits per heavy atom. The van der Waals surface area contributed by atoms with Gasteiger partial charge < -0.3 is 15.3 Å². The maximum Gasteiger partial charge on any atom is 0.124 e. The summed E-state index contributed by atoms with van der Waals surface area (Å²) in [4.78, 5) is 4.24. The van der Waals surface area contributed by atoms with Gasteiger partial charge in [0.2, 0.25) is 0 Å². The molecule has 2 atom stereocenters. The van der Waals surface area contributed by atoms with E-state index in [-0.39, 0.29) is 11.5 Å². The van der Waals surface area contributed by atoms with E-state index in [4.69, 9.17) is 11.6 Å². The first kappa shape index (κ1) is 15.4. The minimum Gasteiger partial charge on any atom is -0.508 e. The predicted molar refractivity (Wildman–Crippen MR) is 83.2 cm³/mol. The van der Waals surface area contributed by atoms with Crippen molar-refractivity contribution in [2.24, 2.45) is 4.99 Å². The van der Waals surface area contributed by atoms with E-state index in [1.807, 2.05) is 0 Å². The standard InChI is InChI=1S/C16H16ClNO3/c1-10(16(21)11-2-5-14(19)6-3-11)18-9-12-8-13(17)4-7-15(12)20/h2-10,16,19-21H,1H3/t10-,16+/m0/s1. The number of aliphatic hydroxyl groups is 1. The van der Waals surface area contributed by atoms with Gasteiger partial charge in [0.1, 0.15) is 17.6 Å². The van der Waals surface area contributed by atoms with Gasteiger partial charge in [-0.1, -0.05) is 23.7 Å². The summed E-state index contributed by atoms with van der Waals surface area (Å²) in [6.07, 6.45) is 0.679. The highest BCUT2D eigenvalue weighted by atomic mass is 35.5. The molecule has 2 aromatic rings. The van der Waals surface area contributed by atoms with Crippen LogP contribution < -0.4 is 0 Å². The molecule has 0 fully saturated rings. The third-order valence-electron chi connectivity index (χ3n) is 3.13. The van der Waals surface area contributed by atoms with E-state index in [2.05, 4.69) is 4.99 Å². The Morgan fingerprint density at radius 3 is 2.43 bits per heavy atom. The first-order valence-electron chi connectivity index (χ1n) is 6.46. The Bertz CT molecular complexity index is 640. The van der Waals surface area contributed by atoms with Crippen molar-refractivity contribution in [1.82, 2.24) is 0 Å². The number of phenols is 2. The summed E-state index contributed by atoms with van der Waals surface area (Å²) in [5.41, 5.74) is 1.15. The number of hydrogen-bond acceptors (Lipinski definition) is 4. The second kappa shape index (κ2) is 6.61. The fourth-order valence-corrected chi connectivity index (χ4v) is 2.04. The van der Waals surface area contributed by atoms with E-state index in [1.54, 1.807) is 31.2 Å². The molecule has 0 unspecified atom stereocenters. The van der Waals surface area contributed by atoms with Crippen molar-refractivity contribution in [3.63, 3.8) is 0 Å². The van der Waals surface area contributed by atoms with Crippen LogP contribution in [0.3, 0.4) is 0 Å². The first-order valence-corrected chi connectivity index (χ1v) is 6.84. The van der Waals surface area contributed by atoms with E-state index >= 15 is 0 Å². The van der Waals surface area contributed by atoms with Crippen LogP contribution in [0, 0.1) is 0 Å². The van der Waals surface area contributed by atoms with Gasteiger partial charge in [-0.3, -0.25) is 4.99 Å². The van der Waals surface area contributed by atoms with Crippen molar-refractivity contribution in [3.05, 3.63) is 58.6 Å². The fraction of sp³-hybridized carbons (Fsp3) is 0.188. The summed E-state index contributed by atoms with van der Waals surface area (Å²) in [6.45, 7) is 1.76. The zero-order valence-electron chi connectivity index (χ0n) is 11.4. The van der Waals surface area contributed by atoms with Crippen LogP contribution in [0.15, 0.2) is 47.5 Å². The molecule has 0 aliphatic heterocycles. The summed E-state index contributed by atoms with van der Waals surface area (Å²) in [6, 6.07) is 10.6. The van der Waals surface area contributed by atoms with Gasteiger partial charge in [0.15, 0.2) is 0 Å². The van der Waals surface area contributed by atoms with Gasteiger partial charge >= 0.3 is 0 Å². The lowest BCUT2D eigenvalue weighted by atomic mass is 10.0. The summed E-state index contributed by atoms with van der Waals surface area (Å²) < 4.78 is 0. The molecule has 0 aliphatic carbocycles. The smallest absolute Gasteiger partial charge is 0.124 e. The molecule has 0 spiro atoms. The number of benzene rings is 2. The van der Waals surface area contributed by atoms with Crippen LogP contribution in [0.1, 0.15) is 24.2 Å². The minimum absolute atomic E-state index is 0.0782. The molecule has 2 rings (SSSR count). The Kier molecular flexibility index (Phi) is 4.83. The number of hydrogen-bond donors (Lipinski definition) is 3. The Labute approximate surface area is 128 Å². The molecular formula is C16H16ClNO3. The van der Waals surface area contributed by atoms with Gasteiger partial charge in [-0.05, 0) is 42.8 Å². The van der Waals surface area contributed by atoms with Gasteiger partial charge in [-0.15, -0.1) is 0 Å². The van der Waals surface area contributed by atoms with E-state index < -0.39 is 12.1 Å². The second-order valence-corrected chi connectivity index (χ2v) is 5.19. The highest BCUT2D eigenvalue weighted by Crippen LogP contribution is 2.23. The number of rotatable bonds is 4. The molecule has 4 nitrogen and oxygen atoms in total. The molecule has 5 heteroatoms. The lowest BCUT2D eigenvalue weighted by Gasteiger charge is -2.15. The first-order chi connectivity index (χ1) is 9.97. The van der Waals surface area contributed by atoms with Gasteiger partial charge in [0.05, 0.1) is 6.04 Å². The van der Waals surface area contributed by atoms with E-state index in [0.29, 0.717) is 16.1 Å². The second-order valence-electron chi connectivity index (χ2n) is 4.76. The topological polar surface area (TPSA) is 73.1 Å². The zero-order valence-corrected chi connectivity index (χ0v) is 12.2. The van der Waals surface area contributed by atoms with Gasteiger partial charge in [-0.2, -0.15) is 0 Å². The average Bonchev–Trinajstić information content (AvgIpc) is 2.48. The van der Waals surface area contributed by atoms with Gasteiger partial charge in [0.25, 0.3) is 0 Å². The van der Waals surface area contributed by atoms with E-state index in [9.17, 15) is 15.3 Å². The monoisotopic (exact) mass is 305 g/mol. The fourth-order valence-electron chi connectivity index (χ4n) is 1.86. The van der Waals surface area contributed by atoms with Crippen molar-refractivity contribution in [3.8, 4) is 11.5 Å². The summed E-state index contributed by atoms with van der Waals surface area (Å²) in [7, 11) is 0. The molecule has 3 N–H and O–H groups in total. The SMILES string of the molecule is C[C@H](N=Cc1cc(Cl)ccc1O)[C@@H](O)c1ccc(O)cc1. The van der Waals surface area contributed by atoms with Gasteiger partial charge in [0, 0.05) is 16.8 Å². The Morgan fingerprint density at radius 1 is 1.10 bits per heavy atom. The van der Waals surface area contributed by atoms with Crippen molar-refractivity contribution in [2.45, 2.75) is 19.1 Å². The van der Waals surface area contributed by atoms with E-state index in [1.165, 1.54) is 24.4 Å². The molecule has 0 radical (unpaired) electrons. The predicted octanol–water partition coefficient (Wildman–Crippen LogP) is 3.29. The van der Waals surface area contributed by atoms with Crippen LogP contribution in [0.25, 0.3) is 0 Å². The van der Waals surface area contributed by atoms with E-state index in [0.717, 1.165) is 0 Å². The molecule has 2 aromatic carbocycles. The molecule has 0 amide bonds. The highest BCUT2D eigenvalue weighted by molar-refractivity contribution is 6.30. The Balaban J connectivity index is 2.13. The van der Waals surface area contributed by atoms with Crippen molar-refractivity contribution in [2.75, 3.05) is 0 Å². The molecule has 21 heavy (non-hydrogen) atoms. The normalized spacial score (nSPS) is 14.2. The molecule has 0 aromatic heterocycles. The lowest BCUT2D eigenvalue weighted by Crippen LogP contribution is -2.12. The minimum atomic E-state index is -0.803. The average molecular weight is 306 g/mol. The number of aliphatic hydroxyl groups excluding tert-OH is 1. The molecule has 0 heterocycles. The molecule has 0 saturated heterocycles. The molecular weight excluding hydrogens is 290 g/mol. The number of nitrogens with zero attached hydrogens (tertiary/aromatic N) is 1. The van der Waals surface area contributed by atoms with Crippen LogP contribution in [0.2, 0.25) is 5.02 Å². The van der Waals surface area contributed by atoms with Crippen molar-refractivity contribution in [1.29, 1.82) is 0 Å². The van der Waals surface area contributed by atoms with Crippen LogP contribution in [0.5, 0.6) is 11.5 Å². The molecule has 0 bridgehead atoms. The number of halogens is 1. The number of phenolic OH excluding ortho intramolecular Hbond substituents is 2. The highest BCUT2D eigenvalue weighted by Gasteiger charge is 2.15. The summed E-state index contributed by atoms with van der Waals surface area (Å²) >= 11 is 5.86. The van der Waals surface area contributed by atoms with Crippen LogP contribution in [-0.2, 0) is 0 Å². The number of aliphatic imine (C=N–C) groups is 1. The Hall–Kier alpha value is -2.04. The zero-order chi connectivity index (χ0) is 15.4. The largest absolute Gasteiger partial charge is 0.508 e. The molecule has 0 saturated carbocycles. The van der Waals surface area contributed by atoms with Crippen LogP contribution in [0.4, 0.5) is 0 Å². The summed E-state index contributed by atoms with van der Waals surface area (Å²) in [5, 5.41) is 29.6. The quantitative estimate of drug-likeness (QED) is 0.759. The van der Waals surface area contributed by atoms with Crippen molar-refractivity contribution >= 4 is 17.8 Å². The maximum absolute atomic E-state index is 10.2. The molecule has 110 valence electrons. The molecule has 0 aliphatic rings. The van der Waals surface area contributed by atoms with Crippen molar-refractivity contribution < 1.29 is 15.3 Å². The van der Waals surface area contributed by atoms with Crippen LogP contribution in [-0.4, -0.2) is 27.6 Å². The van der Waals surface area contributed by atoms with Gasteiger partial charge in [-0.25, -0.2) is 0 Å². The van der Waals surface area contributed by atoms with Crippen LogP contribution >= 0.6 is 11.6 Å². The number of aromatic hydroxyl groups is 2.